The van der Waals surface area contributed by atoms with Gasteiger partial charge in [0.25, 0.3) is 0 Å². The van der Waals surface area contributed by atoms with E-state index in [4.69, 9.17) is 0 Å². The number of amides is 1. The average molecular weight is 462 g/mol. The number of hydrogen-bond acceptors (Lipinski definition) is 6. The van der Waals surface area contributed by atoms with Gasteiger partial charge in [-0.2, -0.15) is 0 Å². The van der Waals surface area contributed by atoms with E-state index in [1.54, 1.807) is 12.4 Å². The van der Waals surface area contributed by atoms with Gasteiger partial charge in [-0.25, -0.2) is 9.97 Å². The molecule has 0 atom stereocenters. The molecule has 1 aliphatic heterocycles. The minimum Gasteiger partial charge on any atom is -0.368 e. The van der Waals surface area contributed by atoms with E-state index < -0.39 is 0 Å². The highest BCUT2D eigenvalue weighted by Gasteiger charge is 2.22. The Balaban J connectivity index is 1.38. The first-order chi connectivity index (χ1) is 15.9. The number of piperazine rings is 1. The lowest BCUT2D eigenvalue weighted by Crippen LogP contribution is -2.47. The zero-order valence-corrected chi connectivity index (χ0v) is 20.6. The number of hydrogen-bond donors (Lipinski definition) is 1. The zero-order chi connectivity index (χ0) is 23.4. The summed E-state index contributed by atoms with van der Waals surface area (Å²) in [6.45, 7) is 12.0. The molecule has 1 saturated heterocycles. The smallest absolute Gasteiger partial charge is 0.234 e. The second-order valence-corrected chi connectivity index (χ2v) is 9.43. The van der Waals surface area contributed by atoms with E-state index >= 15 is 0 Å². The number of benzene rings is 2. The van der Waals surface area contributed by atoms with Crippen molar-refractivity contribution in [1.82, 2.24) is 9.97 Å². The molecule has 0 aliphatic carbocycles. The number of carbonyl (C=O) groups is 1. The molecule has 3 aromatic rings. The van der Waals surface area contributed by atoms with Gasteiger partial charge in [-0.3, -0.25) is 4.79 Å². The maximum absolute atomic E-state index is 12.6. The number of aryl methyl sites for hydroxylation is 2. The van der Waals surface area contributed by atoms with Gasteiger partial charge in [-0.05, 0) is 62.1 Å². The van der Waals surface area contributed by atoms with Crippen molar-refractivity contribution in [2.24, 2.45) is 0 Å². The minimum atomic E-state index is -0.0370. The van der Waals surface area contributed by atoms with Gasteiger partial charge < -0.3 is 15.1 Å². The van der Waals surface area contributed by atoms with Gasteiger partial charge in [0.05, 0.1) is 5.75 Å². The molecule has 0 unspecified atom stereocenters. The summed E-state index contributed by atoms with van der Waals surface area (Å²) in [6, 6.07) is 12.4. The first kappa shape index (κ1) is 23.1. The van der Waals surface area contributed by atoms with Crippen LogP contribution in [0.2, 0.25) is 0 Å². The molecule has 2 aromatic carbocycles. The summed E-state index contributed by atoms with van der Waals surface area (Å²) in [7, 11) is 0. The van der Waals surface area contributed by atoms with E-state index in [-0.39, 0.29) is 5.91 Å². The third-order valence-corrected chi connectivity index (χ3v) is 7.33. The van der Waals surface area contributed by atoms with Crippen LogP contribution in [0, 0.1) is 27.7 Å². The van der Waals surface area contributed by atoms with Crippen LogP contribution >= 0.6 is 11.8 Å². The fourth-order valence-electron chi connectivity index (χ4n) is 4.08. The standard InChI is InChI=1S/C26H31N5OS/c1-18-7-5-9-22(20(18)3)29-24(32)17-33-26-25(27-11-12-28-26)31-15-13-30(14-16-31)23-10-6-8-19(2)21(23)4/h5-12H,13-17H2,1-4H3,(H,29,32). The maximum Gasteiger partial charge on any atom is 0.234 e. The second kappa shape index (κ2) is 10.3. The second-order valence-electron chi connectivity index (χ2n) is 8.46. The van der Waals surface area contributed by atoms with E-state index in [1.165, 1.54) is 28.6 Å². The highest BCUT2D eigenvalue weighted by molar-refractivity contribution is 8.00. The Morgan fingerprint density at radius 3 is 2.27 bits per heavy atom. The van der Waals surface area contributed by atoms with Crippen LogP contribution < -0.4 is 15.1 Å². The zero-order valence-electron chi connectivity index (χ0n) is 19.8. The van der Waals surface area contributed by atoms with Gasteiger partial charge in [0.2, 0.25) is 5.91 Å². The normalized spacial score (nSPS) is 13.8. The Labute approximate surface area is 200 Å². The monoisotopic (exact) mass is 461 g/mol. The molecule has 1 fully saturated rings. The quantitative estimate of drug-likeness (QED) is 0.534. The molecule has 1 amide bonds. The molecule has 0 saturated carbocycles. The molecule has 0 radical (unpaired) electrons. The van der Waals surface area contributed by atoms with Crippen molar-refractivity contribution >= 4 is 34.9 Å². The Kier molecular flexibility index (Phi) is 7.18. The van der Waals surface area contributed by atoms with Crippen LogP contribution in [-0.2, 0) is 4.79 Å². The molecular weight excluding hydrogens is 430 g/mol. The largest absolute Gasteiger partial charge is 0.368 e. The van der Waals surface area contributed by atoms with Crippen molar-refractivity contribution in [1.29, 1.82) is 0 Å². The van der Waals surface area contributed by atoms with Crippen LogP contribution in [-0.4, -0.2) is 47.8 Å². The topological polar surface area (TPSA) is 61.4 Å². The van der Waals surface area contributed by atoms with Crippen molar-refractivity contribution in [2.75, 3.05) is 47.0 Å². The molecule has 172 valence electrons. The number of carbonyl (C=O) groups excluding carboxylic acids is 1. The van der Waals surface area contributed by atoms with Gasteiger partial charge in [0.1, 0.15) is 5.03 Å². The van der Waals surface area contributed by atoms with Gasteiger partial charge >= 0.3 is 0 Å². The van der Waals surface area contributed by atoms with Gasteiger partial charge in [0.15, 0.2) is 5.82 Å². The Bertz CT molecular complexity index is 1140. The van der Waals surface area contributed by atoms with Crippen LogP contribution in [0.25, 0.3) is 0 Å². The molecule has 0 spiro atoms. The predicted molar refractivity (Wildman–Crippen MR) is 138 cm³/mol. The molecule has 2 heterocycles. The van der Waals surface area contributed by atoms with Gasteiger partial charge in [-0.1, -0.05) is 36.0 Å². The molecule has 4 rings (SSSR count). The lowest BCUT2D eigenvalue weighted by Gasteiger charge is -2.37. The number of rotatable bonds is 6. The number of nitrogens with one attached hydrogen (secondary N) is 1. The number of thioether (sulfide) groups is 1. The lowest BCUT2D eigenvalue weighted by atomic mass is 10.1. The molecule has 33 heavy (non-hydrogen) atoms. The first-order valence-corrected chi connectivity index (χ1v) is 12.3. The summed E-state index contributed by atoms with van der Waals surface area (Å²) in [5.41, 5.74) is 7.10. The highest BCUT2D eigenvalue weighted by atomic mass is 32.2. The third kappa shape index (κ3) is 5.30. The summed E-state index contributed by atoms with van der Waals surface area (Å²) in [6.07, 6.45) is 3.42. The fraction of sp³-hybridized carbons (Fsp3) is 0.346. The highest BCUT2D eigenvalue weighted by Crippen LogP contribution is 2.29. The summed E-state index contributed by atoms with van der Waals surface area (Å²) >= 11 is 1.44. The van der Waals surface area contributed by atoms with Crippen molar-refractivity contribution in [3.63, 3.8) is 0 Å². The fourth-order valence-corrected chi connectivity index (χ4v) is 4.87. The molecule has 6 nitrogen and oxygen atoms in total. The van der Waals surface area contributed by atoms with E-state index in [1.807, 2.05) is 32.0 Å². The first-order valence-electron chi connectivity index (χ1n) is 11.3. The van der Waals surface area contributed by atoms with Crippen molar-refractivity contribution in [2.45, 2.75) is 32.7 Å². The maximum atomic E-state index is 12.6. The summed E-state index contributed by atoms with van der Waals surface area (Å²) in [5, 5.41) is 3.83. The van der Waals surface area contributed by atoms with Crippen LogP contribution in [0.15, 0.2) is 53.8 Å². The van der Waals surface area contributed by atoms with Crippen molar-refractivity contribution < 1.29 is 4.79 Å². The predicted octanol–water partition coefficient (Wildman–Crippen LogP) is 4.77. The van der Waals surface area contributed by atoms with E-state index in [0.717, 1.165) is 53.8 Å². The van der Waals surface area contributed by atoms with Gasteiger partial charge in [-0.15, -0.1) is 0 Å². The molecular formula is C26H31N5OS. The summed E-state index contributed by atoms with van der Waals surface area (Å²) in [5.74, 6) is 1.12. The van der Waals surface area contributed by atoms with Crippen LogP contribution in [0.5, 0.6) is 0 Å². The Morgan fingerprint density at radius 2 is 1.52 bits per heavy atom. The van der Waals surface area contributed by atoms with Crippen LogP contribution in [0.1, 0.15) is 22.3 Å². The average Bonchev–Trinajstić information content (AvgIpc) is 2.83. The summed E-state index contributed by atoms with van der Waals surface area (Å²) < 4.78 is 0. The Morgan fingerprint density at radius 1 is 0.879 bits per heavy atom. The van der Waals surface area contributed by atoms with Crippen LogP contribution in [0.3, 0.4) is 0 Å². The number of aromatic nitrogens is 2. The van der Waals surface area contributed by atoms with E-state index in [9.17, 15) is 4.79 Å². The van der Waals surface area contributed by atoms with E-state index in [0.29, 0.717) is 5.75 Å². The third-order valence-electron chi connectivity index (χ3n) is 6.36. The molecule has 0 bridgehead atoms. The SMILES string of the molecule is Cc1cccc(NC(=O)CSc2nccnc2N2CCN(c3cccc(C)c3C)CC2)c1C. The van der Waals surface area contributed by atoms with Crippen LogP contribution in [0.4, 0.5) is 17.2 Å². The van der Waals surface area contributed by atoms with E-state index in [2.05, 4.69) is 57.1 Å². The molecule has 1 N–H and O–H groups in total. The van der Waals surface area contributed by atoms with Crippen molar-refractivity contribution in [3.8, 4) is 0 Å². The molecule has 7 heteroatoms. The van der Waals surface area contributed by atoms with Gasteiger partial charge in [0, 0.05) is 49.9 Å². The number of nitrogens with zero attached hydrogens (tertiary/aromatic N) is 4. The molecule has 1 aliphatic rings. The minimum absolute atomic E-state index is 0.0370. The molecule has 1 aromatic heterocycles. The van der Waals surface area contributed by atoms with Crippen molar-refractivity contribution in [3.05, 3.63) is 71.0 Å². The Hall–Kier alpha value is -3.06. The number of anilines is 3. The summed E-state index contributed by atoms with van der Waals surface area (Å²) in [4.78, 5) is 26.5. The lowest BCUT2D eigenvalue weighted by molar-refractivity contribution is -0.113.